The van der Waals surface area contributed by atoms with Crippen molar-refractivity contribution < 1.29 is 4.79 Å². The number of rotatable bonds is 4. The number of hydrogen-bond donors (Lipinski definition) is 1. The molecule has 0 aliphatic carbocycles. The molecule has 4 rings (SSSR count). The average molecular weight is 463 g/mol. The first-order chi connectivity index (χ1) is 14.0. The molecule has 0 aliphatic heterocycles. The van der Waals surface area contributed by atoms with Crippen LogP contribution in [0.4, 0.5) is 5.13 Å². The third kappa shape index (κ3) is 4.16. The van der Waals surface area contributed by atoms with Gasteiger partial charge in [-0.15, -0.1) is 0 Å². The van der Waals surface area contributed by atoms with Gasteiger partial charge in [0.05, 0.1) is 16.1 Å². The second kappa shape index (κ2) is 8.31. The van der Waals surface area contributed by atoms with Crippen molar-refractivity contribution in [3.8, 4) is 21.7 Å². The third-order valence-corrected chi connectivity index (χ3v) is 6.49. The van der Waals surface area contributed by atoms with Gasteiger partial charge in [0, 0.05) is 10.0 Å². The summed E-state index contributed by atoms with van der Waals surface area (Å²) in [5, 5.41) is 3.55. The molecule has 5 heteroatoms. The van der Waals surface area contributed by atoms with Crippen LogP contribution in [0.5, 0.6) is 0 Å². The van der Waals surface area contributed by atoms with Crippen LogP contribution < -0.4 is 5.32 Å². The van der Waals surface area contributed by atoms with E-state index in [4.69, 9.17) is 4.98 Å². The largest absolute Gasteiger partial charge is 0.298 e. The fraction of sp³-hybridized carbons (Fsp3) is 0.0833. The molecule has 1 N–H and O–H groups in total. The maximum absolute atomic E-state index is 12.8. The maximum atomic E-state index is 12.8. The topological polar surface area (TPSA) is 42.0 Å². The Hall–Kier alpha value is -2.76. The predicted octanol–water partition coefficient (Wildman–Crippen LogP) is 7.11. The van der Waals surface area contributed by atoms with Crippen LogP contribution in [0.2, 0.25) is 0 Å². The Morgan fingerprint density at radius 1 is 0.897 bits per heavy atom. The maximum Gasteiger partial charge on any atom is 0.258 e. The molecule has 0 aliphatic rings. The first kappa shape index (κ1) is 19.6. The highest BCUT2D eigenvalue weighted by atomic mass is 79.9. The van der Waals surface area contributed by atoms with E-state index in [2.05, 4.69) is 65.4 Å². The summed E-state index contributed by atoms with van der Waals surface area (Å²) in [4.78, 5) is 18.6. The van der Waals surface area contributed by atoms with E-state index in [1.54, 1.807) is 6.07 Å². The van der Waals surface area contributed by atoms with Gasteiger partial charge in [0.1, 0.15) is 0 Å². The Morgan fingerprint density at radius 3 is 2.34 bits per heavy atom. The summed E-state index contributed by atoms with van der Waals surface area (Å²) in [6, 6.07) is 23.9. The van der Waals surface area contributed by atoms with E-state index in [-0.39, 0.29) is 5.91 Å². The summed E-state index contributed by atoms with van der Waals surface area (Å²) in [6.07, 6.45) is 0. The van der Waals surface area contributed by atoms with Gasteiger partial charge >= 0.3 is 0 Å². The van der Waals surface area contributed by atoms with Crippen LogP contribution in [0.3, 0.4) is 0 Å². The van der Waals surface area contributed by atoms with Crippen molar-refractivity contribution in [3.05, 3.63) is 94.0 Å². The molecule has 1 aromatic heterocycles. The number of carbonyl (C=O) groups excluding carboxylic acids is 1. The SMILES string of the molecule is Cc1ccc(-c2nc(NC(=O)c3ccccc3Br)sc2-c2ccccc2)cc1C. The summed E-state index contributed by atoms with van der Waals surface area (Å²) in [7, 11) is 0. The monoisotopic (exact) mass is 462 g/mol. The zero-order valence-corrected chi connectivity index (χ0v) is 18.5. The van der Waals surface area contributed by atoms with Gasteiger partial charge in [-0.05, 0) is 64.7 Å². The van der Waals surface area contributed by atoms with E-state index in [1.165, 1.54) is 22.5 Å². The van der Waals surface area contributed by atoms with Crippen molar-refractivity contribution in [1.82, 2.24) is 4.98 Å². The first-order valence-corrected chi connectivity index (χ1v) is 10.8. The van der Waals surface area contributed by atoms with E-state index in [0.717, 1.165) is 26.2 Å². The number of thiazole rings is 1. The van der Waals surface area contributed by atoms with Gasteiger partial charge < -0.3 is 0 Å². The summed E-state index contributed by atoms with van der Waals surface area (Å²) < 4.78 is 0.756. The van der Waals surface area contributed by atoms with Gasteiger partial charge in [-0.3, -0.25) is 10.1 Å². The molecular formula is C24H19BrN2OS. The van der Waals surface area contributed by atoms with Gasteiger partial charge in [-0.1, -0.05) is 65.9 Å². The zero-order chi connectivity index (χ0) is 20.4. The summed E-state index contributed by atoms with van der Waals surface area (Å²) in [5.41, 5.74) is 6.05. The molecule has 0 bridgehead atoms. The number of carbonyl (C=O) groups is 1. The number of aryl methyl sites for hydroxylation is 2. The van der Waals surface area contributed by atoms with E-state index in [9.17, 15) is 4.79 Å². The molecule has 1 heterocycles. The minimum atomic E-state index is -0.183. The molecule has 3 aromatic carbocycles. The lowest BCUT2D eigenvalue weighted by atomic mass is 10.0. The van der Waals surface area contributed by atoms with Gasteiger partial charge in [0.25, 0.3) is 5.91 Å². The molecule has 0 spiro atoms. The van der Waals surface area contributed by atoms with E-state index >= 15 is 0 Å². The van der Waals surface area contributed by atoms with Crippen LogP contribution in [0, 0.1) is 13.8 Å². The van der Waals surface area contributed by atoms with Crippen LogP contribution in [0.15, 0.2) is 77.3 Å². The Kier molecular flexibility index (Phi) is 5.60. The fourth-order valence-corrected chi connectivity index (χ4v) is 4.51. The number of aromatic nitrogens is 1. The van der Waals surface area contributed by atoms with Crippen molar-refractivity contribution in [2.24, 2.45) is 0 Å². The van der Waals surface area contributed by atoms with E-state index < -0.39 is 0 Å². The van der Waals surface area contributed by atoms with Crippen LogP contribution >= 0.6 is 27.3 Å². The molecule has 3 nitrogen and oxygen atoms in total. The minimum Gasteiger partial charge on any atom is -0.298 e. The van der Waals surface area contributed by atoms with Crippen LogP contribution in [0.1, 0.15) is 21.5 Å². The van der Waals surface area contributed by atoms with Gasteiger partial charge in [0.2, 0.25) is 0 Å². The highest BCUT2D eigenvalue weighted by Gasteiger charge is 2.18. The van der Waals surface area contributed by atoms with E-state index in [0.29, 0.717) is 10.7 Å². The van der Waals surface area contributed by atoms with Crippen molar-refractivity contribution >= 4 is 38.3 Å². The molecule has 4 aromatic rings. The highest BCUT2D eigenvalue weighted by molar-refractivity contribution is 9.10. The van der Waals surface area contributed by atoms with Crippen molar-refractivity contribution in [2.75, 3.05) is 5.32 Å². The van der Waals surface area contributed by atoms with Gasteiger partial charge in [-0.25, -0.2) is 4.98 Å². The first-order valence-electron chi connectivity index (χ1n) is 9.22. The summed E-state index contributed by atoms with van der Waals surface area (Å²) in [6.45, 7) is 4.20. The second-order valence-electron chi connectivity index (χ2n) is 6.80. The predicted molar refractivity (Wildman–Crippen MR) is 125 cm³/mol. The van der Waals surface area contributed by atoms with Crippen LogP contribution in [-0.4, -0.2) is 10.9 Å². The third-order valence-electron chi connectivity index (χ3n) is 4.78. The number of nitrogens with one attached hydrogen (secondary N) is 1. The Bertz CT molecular complexity index is 1180. The Labute approximate surface area is 182 Å². The number of amides is 1. The lowest BCUT2D eigenvalue weighted by molar-refractivity contribution is 0.102. The second-order valence-corrected chi connectivity index (χ2v) is 8.65. The molecule has 1 amide bonds. The molecule has 0 saturated carbocycles. The molecule has 144 valence electrons. The lowest BCUT2D eigenvalue weighted by Crippen LogP contribution is -2.12. The van der Waals surface area contributed by atoms with Crippen molar-refractivity contribution in [3.63, 3.8) is 0 Å². The van der Waals surface area contributed by atoms with Crippen molar-refractivity contribution in [1.29, 1.82) is 0 Å². The highest BCUT2D eigenvalue weighted by Crippen LogP contribution is 2.39. The summed E-state index contributed by atoms with van der Waals surface area (Å²) >= 11 is 4.93. The molecule has 0 fully saturated rings. The zero-order valence-electron chi connectivity index (χ0n) is 16.1. The normalized spacial score (nSPS) is 10.7. The molecular weight excluding hydrogens is 444 g/mol. The number of benzene rings is 3. The van der Waals surface area contributed by atoms with Gasteiger partial charge in [-0.2, -0.15) is 0 Å². The van der Waals surface area contributed by atoms with Gasteiger partial charge in [0.15, 0.2) is 5.13 Å². The molecule has 0 saturated heterocycles. The smallest absolute Gasteiger partial charge is 0.258 e. The number of hydrogen-bond acceptors (Lipinski definition) is 3. The molecule has 0 radical (unpaired) electrons. The standard InChI is InChI=1S/C24H19BrN2OS/c1-15-12-13-18(14-16(15)2)21-22(17-8-4-3-5-9-17)29-24(26-21)27-23(28)19-10-6-7-11-20(19)25/h3-14H,1-2H3,(H,26,27,28). The fourth-order valence-electron chi connectivity index (χ4n) is 3.05. The van der Waals surface area contributed by atoms with E-state index in [1.807, 2.05) is 36.4 Å². The lowest BCUT2D eigenvalue weighted by Gasteiger charge is -2.06. The molecule has 0 unspecified atom stereocenters. The minimum absolute atomic E-state index is 0.183. The van der Waals surface area contributed by atoms with Crippen LogP contribution in [0.25, 0.3) is 21.7 Å². The summed E-state index contributed by atoms with van der Waals surface area (Å²) in [5.74, 6) is -0.183. The number of nitrogens with zero attached hydrogens (tertiary/aromatic N) is 1. The Balaban J connectivity index is 1.76. The molecule has 0 atom stereocenters. The Morgan fingerprint density at radius 2 is 1.62 bits per heavy atom. The number of halogens is 1. The quantitative estimate of drug-likeness (QED) is 0.351. The number of anilines is 1. The van der Waals surface area contributed by atoms with Crippen molar-refractivity contribution in [2.45, 2.75) is 13.8 Å². The average Bonchev–Trinajstić information content (AvgIpc) is 3.14. The van der Waals surface area contributed by atoms with Crippen LogP contribution in [-0.2, 0) is 0 Å². The molecule has 29 heavy (non-hydrogen) atoms.